The largest absolute Gasteiger partial charge is 0.491 e. The highest BCUT2D eigenvalue weighted by atomic mass is 16.5. The van der Waals surface area contributed by atoms with E-state index in [4.69, 9.17) is 4.74 Å². The van der Waals surface area contributed by atoms with E-state index in [2.05, 4.69) is 12.2 Å². The predicted molar refractivity (Wildman–Crippen MR) is 70.2 cm³/mol. The fourth-order valence-electron chi connectivity index (χ4n) is 1.42. The van der Waals surface area contributed by atoms with Crippen molar-refractivity contribution in [3.63, 3.8) is 0 Å². The Hall–Kier alpha value is -1.06. The van der Waals surface area contributed by atoms with Crippen LogP contribution < -0.4 is 10.1 Å². The number of ether oxygens (including phenoxy) is 1. The Kier molecular flexibility index (Phi) is 6.01. The third-order valence-corrected chi connectivity index (χ3v) is 2.72. The van der Waals surface area contributed by atoms with E-state index in [1.165, 1.54) is 0 Å². The summed E-state index contributed by atoms with van der Waals surface area (Å²) in [5.74, 6) is 1.07. The molecule has 0 saturated heterocycles. The van der Waals surface area contributed by atoms with E-state index in [0.29, 0.717) is 6.61 Å². The number of hydrogen-bond donors (Lipinski definition) is 2. The van der Waals surface area contributed by atoms with Crippen LogP contribution >= 0.6 is 0 Å². The molecule has 0 aliphatic heterocycles. The van der Waals surface area contributed by atoms with Crippen molar-refractivity contribution in [1.29, 1.82) is 0 Å². The molecule has 0 bridgehead atoms. The number of para-hydroxylation sites is 1. The predicted octanol–water partition coefficient (Wildman–Crippen LogP) is 2.19. The Morgan fingerprint density at radius 1 is 1.29 bits per heavy atom. The van der Waals surface area contributed by atoms with E-state index in [0.717, 1.165) is 24.4 Å². The fourth-order valence-corrected chi connectivity index (χ4v) is 1.42. The van der Waals surface area contributed by atoms with Crippen molar-refractivity contribution >= 4 is 0 Å². The highest BCUT2D eigenvalue weighted by molar-refractivity contribution is 5.33. The number of aliphatic hydroxyl groups is 1. The number of aliphatic hydroxyl groups excluding tert-OH is 1. The molecule has 0 amide bonds. The molecule has 0 fully saturated rings. The minimum absolute atomic E-state index is 0.218. The molecule has 0 aliphatic carbocycles. The van der Waals surface area contributed by atoms with Gasteiger partial charge in [-0.05, 0) is 18.5 Å². The molecule has 0 spiro atoms. The van der Waals surface area contributed by atoms with E-state index in [-0.39, 0.29) is 5.92 Å². The molecule has 2 N–H and O–H groups in total. The maximum absolute atomic E-state index is 9.71. The zero-order chi connectivity index (χ0) is 12.7. The summed E-state index contributed by atoms with van der Waals surface area (Å²) in [6.45, 7) is 8.12. The lowest BCUT2D eigenvalue weighted by Crippen LogP contribution is -2.24. The molecule has 1 aromatic carbocycles. The summed E-state index contributed by atoms with van der Waals surface area (Å²) in [6.07, 6.45) is -0.415. The topological polar surface area (TPSA) is 41.5 Å². The Labute approximate surface area is 104 Å². The monoisotopic (exact) mass is 237 g/mol. The average Bonchev–Trinajstić information content (AvgIpc) is 2.34. The van der Waals surface area contributed by atoms with Crippen molar-refractivity contribution < 1.29 is 9.84 Å². The van der Waals surface area contributed by atoms with Crippen molar-refractivity contribution in [2.24, 2.45) is 5.92 Å². The quantitative estimate of drug-likeness (QED) is 0.764. The normalized spacial score (nSPS) is 12.8. The molecule has 0 aromatic heterocycles. The van der Waals surface area contributed by atoms with E-state index in [9.17, 15) is 5.11 Å². The second-order valence-electron chi connectivity index (χ2n) is 4.51. The molecule has 3 nitrogen and oxygen atoms in total. The summed E-state index contributed by atoms with van der Waals surface area (Å²) in [5.41, 5.74) is 1.13. The zero-order valence-electron chi connectivity index (χ0n) is 10.9. The van der Waals surface area contributed by atoms with Crippen LogP contribution in [0.3, 0.4) is 0 Å². The van der Waals surface area contributed by atoms with Crippen molar-refractivity contribution in [2.45, 2.75) is 33.4 Å². The van der Waals surface area contributed by atoms with Gasteiger partial charge >= 0.3 is 0 Å². The van der Waals surface area contributed by atoms with Crippen molar-refractivity contribution in [1.82, 2.24) is 5.32 Å². The van der Waals surface area contributed by atoms with E-state index in [1.54, 1.807) is 0 Å². The molecule has 1 unspecified atom stereocenters. The van der Waals surface area contributed by atoms with Crippen LogP contribution in [0.1, 0.15) is 26.3 Å². The SMILES string of the molecule is CCNCc1ccccc1OCC(O)C(C)C. The number of rotatable bonds is 7. The van der Waals surface area contributed by atoms with Crippen LogP contribution in [0.25, 0.3) is 0 Å². The highest BCUT2D eigenvalue weighted by Gasteiger charge is 2.11. The molecular formula is C14H23NO2. The van der Waals surface area contributed by atoms with Gasteiger partial charge in [-0.3, -0.25) is 0 Å². The number of benzene rings is 1. The van der Waals surface area contributed by atoms with Crippen LogP contribution in [-0.4, -0.2) is 24.4 Å². The fraction of sp³-hybridized carbons (Fsp3) is 0.571. The summed E-state index contributed by atoms with van der Waals surface area (Å²) in [5, 5.41) is 13.0. The third kappa shape index (κ3) is 4.75. The average molecular weight is 237 g/mol. The molecule has 0 heterocycles. The summed E-state index contributed by atoms with van der Waals surface area (Å²) in [4.78, 5) is 0. The minimum atomic E-state index is -0.415. The van der Waals surface area contributed by atoms with Crippen molar-refractivity contribution in [3.8, 4) is 5.75 Å². The number of hydrogen-bond acceptors (Lipinski definition) is 3. The van der Waals surface area contributed by atoms with Gasteiger partial charge in [0.2, 0.25) is 0 Å². The van der Waals surface area contributed by atoms with Gasteiger partial charge in [0, 0.05) is 12.1 Å². The third-order valence-electron chi connectivity index (χ3n) is 2.72. The lowest BCUT2D eigenvalue weighted by molar-refractivity contribution is 0.0697. The van der Waals surface area contributed by atoms with Gasteiger partial charge < -0.3 is 15.2 Å². The highest BCUT2D eigenvalue weighted by Crippen LogP contribution is 2.18. The first kappa shape index (κ1) is 14.0. The molecule has 0 saturated carbocycles. The summed E-state index contributed by atoms with van der Waals surface area (Å²) >= 11 is 0. The van der Waals surface area contributed by atoms with Crippen LogP contribution in [0.15, 0.2) is 24.3 Å². The Morgan fingerprint density at radius 3 is 2.65 bits per heavy atom. The van der Waals surface area contributed by atoms with Crippen LogP contribution in [0.2, 0.25) is 0 Å². The minimum Gasteiger partial charge on any atom is -0.491 e. The van der Waals surface area contributed by atoms with E-state index >= 15 is 0 Å². The maximum Gasteiger partial charge on any atom is 0.123 e. The van der Waals surface area contributed by atoms with Crippen molar-refractivity contribution in [2.75, 3.05) is 13.2 Å². The lowest BCUT2D eigenvalue weighted by Gasteiger charge is -2.17. The van der Waals surface area contributed by atoms with E-state index < -0.39 is 6.10 Å². The first-order valence-electron chi connectivity index (χ1n) is 6.24. The van der Waals surface area contributed by atoms with Gasteiger partial charge in [-0.2, -0.15) is 0 Å². The lowest BCUT2D eigenvalue weighted by atomic mass is 10.1. The Bertz CT molecular complexity index is 326. The van der Waals surface area contributed by atoms with Crippen LogP contribution in [0.4, 0.5) is 0 Å². The molecule has 3 heteroatoms. The summed E-state index contributed by atoms with van der Waals surface area (Å²) in [6, 6.07) is 7.93. The van der Waals surface area contributed by atoms with Crippen LogP contribution in [0.5, 0.6) is 5.75 Å². The van der Waals surface area contributed by atoms with E-state index in [1.807, 2.05) is 38.1 Å². The van der Waals surface area contributed by atoms with Gasteiger partial charge in [-0.1, -0.05) is 39.0 Å². The van der Waals surface area contributed by atoms with Crippen LogP contribution in [0, 0.1) is 5.92 Å². The first-order chi connectivity index (χ1) is 8.15. The van der Waals surface area contributed by atoms with Crippen molar-refractivity contribution in [3.05, 3.63) is 29.8 Å². The zero-order valence-corrected chi connectivity index (χ0v) is 10.9. The van der Waals surface area contributed by atoms with Gasteiger partial charge in [-0.15, -0.1) is 0 Å². The van der Waals surface area contributed by atoms with Gasteiger partial charge in [0.1, 0.15) is 12.4 Å². The van der Waals surface area contributed by atoms with Gasteiger partial charge in [0.25, 0.3) is 0 Å². The molecule has 1 rings (SSSR count). The maximum atomic E-state index is 9.71. The molecule has 17 heavy (non-hydrogen) atoms. The molecule has 0 radical (unpaired) electrons. The summed E-state index contributed by atoms with van der Waals surface area (Å²) in [7, 11) is 0. The van der Waals surface area contributed by atoms with Gasteiger partial charge in [0.05, 0.1) is 6.10 Å². The molecule has 0 aliphatic rings. The molecule has 1 atom stereocenters. The number of nitrogens with one attached hydrogen (secondary N) is 1. The smallest absolute Gasteiger partial charge is 0.123 e. The Morgan fingerprint density at radius 2 is 2.00 bits per heavy atom. The summed E-state index contributed by atoms with van der Waals surface area (Å²) < 4.78 is 5.67. The first-order valence-corrected chi connectivity index (χ1v) is 6.24. The molecular weight excluding hydrogens is 214 g/mol. The molecule has 96 valence electrons. The van der Waals surface area contributed by atoms with Gasteiger partial charge in [-0.25, -0.2) is 0 Å². The Balaban J connectivity index is 2.57. The van der Waals surface area contributed by atoms with Crippen LogP contribution in [-0.2, 0) is 6.54 Å². The second kappa shape index (κ2) is 7.30. The van der Waals surface area contributed by atoms with Gasteiger partial charge in [0.15, 0.2) is 0 Å². The standard InChI is InChI=1S/C14H23NO2/c1-4-15-9-12-7-5-6-8-14(12)17-10-13(16)11(2)3/h5-8,11,13,15-16H,4,9-10H2,1-3H3. The second-order valence-corrected chi connectivity index (χ2v) is 4.51. The molecule has 1 aromatic rings.